The summed E-state index contributed by atoms with van der Waals surface area (Å²) in [6.07, 6.45) is 6.62. The topological polar surface area (TPSA) is 41.1 Å². The molecule has 3 unspecified atom stereocenters. The molecular weight excluding hydrogens is 212 g/mol. The van der Waals surface area contributed by atoms with E-state index in [9.17, 15) is 4.79 Å². The molecule has 1 aliphatic rings. The SMILES string of the molecule is CNCC(C)C(=O)NCCC1CCCC(C)C1. The van der Waals surface area contributed by atoms with Crippen LogP contribution in [0.1, 0.15) is 46.0 Å². The van der Waals surface area contributed by atoms with Crippen molar-refractivity contribution in [2.24, 2.45) is 17.8 Å². The van der Waals surface area contributed by atoms with Gasteiger partial charge in [-0.05, 0) is 31.7 Å². The Morgan fingerprint density at radius 2 is 2.18 bits per heavy atom. The minimum absolute atomic E-state index is 0.0743. The highest BCUT2D eigenvalue weighted by molar-refractivity contribution is 5.78. The van der Waals surface area contributed by atoms with Gasteiger partial charge in [0.05, 0.1) is 0 Å². The van der Waals surface area contributed by atoms with E-state index in [2.05, 4.69) is 17.6 Å². The quantitative estimate of drug-likeness (QED) is 0.747. The molecule has 0 aromatic rings. The van der Waals surface area contributed by atoms with E-state index in [1.54, 1.807) is 0 Å². The fourth-order valence-electron chi connectivity index (χ4n) is 2.79. The predicted molar refractivity (Wildman–Crippen MR) is 71.8 cm³/mol. The van der Waals surface area contributed by atoms with Gasteiger partial charge in [-0.15, -0.1) is 0 Å². The van der Waals surface area contributed by atoms with Gasteiger partial charge in [0.15, 0.2) is 0 Å². The lowest BCUT2D eigenvalue weighted by atomic mass is 9.81. The maximum Gasteiger partial charge on any atom is 0.224 e. The van der Waals surface area contributed by atoms with Crippen LogP contribution in [0, 0.1) is 17.8 Å². The van der Waals surface area contributed by atoms with Crippen LogP contribution >= 0.6 is 0 Å². The Bertz CT molecular complexity index is 230. The summed E-state index contributed by atoms with van der Waals surface area (Å²) in [7, 11) is 1.88. The van der Waals surface area contributed by atoms with E-state index in [4.69, 9.17) is 0 Å². The molecular formula is C14H28N2O. The summed E-state index contributed by atoms with van der Waals surface area (Å²) in [5.74, 6) is 1.97. The van der Waals surface area contributed by atoms with Crippen molar-refractivity contribution in [3.8, 4) is 0 Å². The van der Waals surface area contributed by atoms with Gasteiger partial charge in [0.1, 0.15) is 0 Å². The van der Waals surface area contributed by atoms with Gasteiger partial charge in [-0.3, -0.25) is 4.79 Å². The Balaban J connectivity index is 2.12. The van der Waals surface area contributed by atoms with Crippen LogP contribution in [0.25, 0.3) is 0 Å². The van der Waals surface area contributed by atoms with Crippen molar-refractivity contribution in [1.82, 2.24) is 10.6 Å². The highest BCUT2D eigenvalue weighted by Crippen LogP contribution is 2.30. The smallest absolute Gasteiger partial charge is 0.224 e. The zero-order valence-electron chi connectivity index (χ0n) is 11.6. The molecule has 0 aromatic heterocycles. The van der Waals surface area contributed by atoms with E-state index < -0.39 is 0 Å². The van der Waals surface area contributed by atoms with E-state index in [1.807, 2.05) is 14.0 Å². The lowest BCUT2D eigenvalue weighted by Crippen LogP contribution is -2.35. The summed E-state index contributed by atoms with van der Waals surface area (Å²) < 4.78 is 0. The van der Waals surface area contributed by atoms with E-state index in [0.29, 0.717) is 0 Å². The molecule has 3 atom stereocenters. The lowest BCUT2D eigenvalue weighted by molar-refractivity contribution is -0.124. The van der Waals surface area contributed by atoms with Crippen molar-refractivity contribution >= 4 is 5.91 Å². The standard InChI is InChI=1S/C14H28N2O/c1-11-5-4-6-13(9-11)7-8-16-14(17)12(2)10-15-3/h11-13,15H,4-10H2,1-3H3,(H,16,17). The Kier molecular flexibility index (Phi) is 6.56. The van der Waals surface area contributed by atoms with E-state index in [1.165, 1.54) is 25.7 Å². The third-order valence-electron chi connectivity index (χ3n) is 3.85. The molecule has 100 valence electrons. The second-order valence-corrected chi connectivity index (χ2v) is 5.68. The average Bonchev–Trinajstić information content (AvgIpc) is 2.29. The van der Waals surface area contributed by atoms with Crippen LogP contribution in [0.15, 0.2) is 0 Å². The average molecular weight is 240 g/mol. The van der Waals surface area contributed by atoms with Crippen molar-refractivity contribution in [3.63, 3.8) is 0 Å². The summed E-state index contributed by atoms with van der Waals surface area (Å²) in [5.41, 5.74) is 0. The first-order valence-electron chi connectivity index (χ1n) is 7.05. The van der Waals surface area contributed by atoms with Crippen molar-refractivity contribution < 1.29 is 4.79 Å². The van der Waals surface area contributed by atoms with Gasteiger partial charge < -0.3 is 10.6 Å². The Morgan fingerprint density at radius 1 is 1.41 bits per heavy atom. The molecule has 0 heterocycles. The summed E-state index contributed by atoms with van der Waals surface area (Å²) in [4.78, 5) is 11.7. The molecule has 0 bridgehead atoms. The van der Waals surface area contributed by atoms with Gasteiger partial charge in [0.2, 0.25) is 5.91 Å². The molecule has 1 rings (SSSR count). The largest absolute Gasteiger partial charge is 0.356 e. The molecule has 1 fully saturated rings. The van der Waals surface area contributed by atoms with Crippen molar-refractivity contribution in [2.75, 3.05) is 20.1 Å². The zero-order valence-corrected chi connectivity index (χ0v) is 11.6. The number of amides is 1. The molecule has 0 spiro atoms. The third-order valence-corrected chi connectivity index (χ3v) is 3.85. The summed E-state index contributed by atoms with van der Waals surface area (Å²) in [5, 5.41) is 6.08. The van der Waals surface area contributed by atoms with Crippen LogP contribution in [0.3, 0.4) is 0 Å². The summed E-state index contributed by atoms with van der Waals surface area (Å²) >= 11 is 0. The number of carbonyl (C=O) groups excluding carboxylic acids is 1. The first kappa shape index (κ1) is 14.5. The molecule has 0 saturated heterocycles. The van der Waals surface area contributed by atoms with Gasteiger partial charge in [0, 0.05) is 19.0 Å². The van der Waals surface area contributed by atoms with Crippen molar-refractivity contribution in [1.29, 1.82) is 0 Å². The number of carbonyl (C=O) groups is 1. The Labute approximate surface area is 106 Å². The summed E-state index contributed by atoms with van der Waals surface area (Å²) in [6.45, 7) is 5.92. The molecule has 1 amide bonds. The fraction of sp³-hybridized carbons (Fsp3) is 0.929. The molecule has 1 saturated carbocycles. The van der Waals surface area contributed by atoms with Crippen molar-refractivity contribution in [2.45, 2.75) is 46.0 Å². The molecule has 0 aliphatic heterocycles. The molecule has 3 nitrogen and oxygen atoms in total. The molecule has 0 aromatic carbocycles. The van der Waals surface area contributed by atoms with E-state index in [-0.39, 0.29) is 11.8 Å². The fourth-order valence-corrected chi connectivity index (χ4v) is 2.79. The number of nitrogens with one attached hydrogen (secondary N) is 2. The van der Waals surface area contributed by atoms with Crippen LogP contribution in [0.4, 0.5) is 0 Å². The minimum Gasteiger partial charge on any atom is -0.356 e. The predicted octanol–water partition coefficient (Wildman–Crippen LogP) is 2.17. The number of rotatable bonds is 6. The highest BCUT2D eigenvalue weighted by atomic mass is 16.1. The zero-order chi connectivity index (χ0) is 12.7. The number of hydrogen-bond acceptors (Lipinski definition) is 2. The molecule has 1 aliphatic carbocycles. The summed E-state index contributed by atoms with van der Waals surface area (Å²) in [6, 6.07) is 0. The van der Waals surface area contributed by atoms with Crippen LogP contribution in [0.2, 0.25) is 0 Å². The van der Waals surface area contributed by atoms with E-state index >= 15 is 0 Å². The van der Waals surface area contributed by atoms with Gasteiger partial charge >= 0.3 is 0 Å². The first-order valence-corrected chi connectivity index (χ1v) is 7.05. The first-order chi connectivity index (χ1) is 8.13. The normalized spacial score (nSPS) is 26.5. The second kappa shape index (κ2) is 7.70. The van der Waals surface area contributed by atoms with E-state index in [0.717, 1.165) is 31.3 Å². The minimum atomic E-state index is 0.0743. The highest BCUT2D eigenvalue weighted by Gasteiger charge is 2.19. The van der Waals surface area contributed by atoms with Crippen LogP contribution in [-0.4, -0.2) is 26.0 Å². The Morgan fingerprint density at radius 3 is 2.82 bits per heavy atom. The monoisotopic (exact) mass is 240 g/mol. The molecule has 17 heavy (non-hydrogen) atoms. The van der Waals surface area contributed by atoms with Crippen molar-refractivity contribution in [3.05, 3.63) is 0 Å². The molecule has 0 radical (unpaired) electrons. The molecule has 2 N–H and O–H groups in total. The third kappa shape index (κ3) is 5.53. The Hall–Kier alpha value is -0.570. The number of hydrogen-bond donors (Lipinski definition) is 2. The molecule has 3 heteroatoms. The van der Waals surface area contributed by atoms with Gasteiger partial charge in [-0.25, -0.2) is 0 Å². The second-order valence-electron chi connectivity index (χ2n) is 5.68. The van der Waals surface area contributed by atoms with Gasteiger partial charge in [-0.2, -0.15) is 0 Å². The lowest BCUT2D eigenvalue weighted by Gasteiger charge is -2.26. The van der Waals surface area contributed by atoms with Gasteiger partial charge in [-0.1, -0.05) is 33.1 Å². The maximum atomic E-state index is 11.7. The van der Waals surface area contributed by atoms with Gasteiger partial charge in [0.25, 0.3) is 0 Å². The maximum absolute atomic E-state index is 11.7. The van der Waals surface area contributed by atoms with Crippen LogP contribution in [0.5, 0.6) is 0 Å². The van der Waals surface area contributed by atoms with Crippen LogP contribution < -0.4 is 10.6 Å². The van der Waals surface area contributed by atoms with Crippen LogP contribution in [-0.2, 0) is 4.79 Å².